The van der Waals surface area contributed by atoms with E-state index >= 15 is 0 Å². The minimum atomic E-state index is -1.97. The second-order valence-electron chi connectivity index (χ2n) is 14.9. The summed E-state index contributed by atoms with van der Waals surface area (Å²) < 4.78 is 43.7. The Hall–Kier alpha value is -2.79. The molecule has 0 amide bonds. The Balaban J connectivity index is 2.76. The Bertz CT molecular complexity index is 1180. The van der Waals surface area contributed by atoms with E-state index in [0.717, 1.165) is 0 Å². The molecule has 43 heavy (non-hydrogen) atoms. The first kappa shape index (κ1) is 36.4. The van der Waals surface area contributed by atoms with E-state index in [1.54, 1.807) is 113 Å². The van der Waals surface area contributed by atoms with E-state index in [2.05, 4.69) is 0 Å². The molecule has 242 valence electrons. The summed E-state index contributed by atoms with van der Waals surface area (Å²) in [7, 11) is -1.97. The SMILES string of the molecule is CC(C)(C)C(=O)OC[C@H]1O[C@@H](S(=O)c2ccccc2)[C@H](OC(=O)C(C)(C)C)[C@@H](OC(=O)C(C)(C)C)[C@@H]1OC(=O)C(C)(C)C. The highest BCUT2D eigenvalue weighted by Gasteiger charge is 2.56. The fraction of sp³-hybridized carbons (Fsp3) is 0.688. The standard InChI is InChI=1S/C32H48O10S/c1-29(2,3)25(33)38-18-20-21(40-26(34)30(4,5)6)22(41-27(35)31(7,8)9)23(42-28(36)32(10,11)12)24(39-20)43(37)19-16-14-13-15-17-19/h13-17,20-24H,18H2,1-12H3/t20-,21-,22+,23-,24+,43?/m1/s1. The number of hydrogen-bond acceptors (Lipinski definition) is 10. The summed E-state index contributed by atoms with van der Waals surface area (Å²) >= 11 is 0. The fourth-order valence-electron chi connectivity index (χ4n) is 3.55. The Morgan fingerprint density at radius 1 is 0.628 bits per heavy atom. The van der Waals surface area contributed by atoms with Gasteiger partial charge in [0.25, 0.3) is 0 Å². The van der Waals surface area contributed by atoms with Crippen LogP contribution >= 0.6 is 0 Å². The maximum atomic E-state index is 14.0. The zero-order valence-electron chi connectivity index (χ0n) is 27.5. The fourth-order valence-corrected chi connectivity index (χ4v) is 4.94. The summed E-state index contributed by atoms with van der Waals surface area (Å²) in [6, 6.07) is 8.39. The maximum absolute atomic E-state index is 14.0. The monoisotopic (exact) mass is 624 g/mol. The van der Waals surface area contributed by atoms with Crippen molar-refractivity contribution < 1.29 is 47.1 Å². The van der Waals surface area contributed by atoms with Crippen LogP contribution in [0.4, 0.5) is 0 Å². The summed E-state index contributed by atoms with van der Waals surface area (Å²) in [6.45, 7) is 19.4. The van der Waals surface area contributed by atoms with Crippen LogP contribution in [0.2, 0.25) is 0 Å². The van der Waals surface area contributed by atoms with E-state index < -0.39 is 92.8 Å². The molecule has 11 heteroatoms. The van der Waals surface area contributed by atoms with Crippen molar-refractivity contribution >= 4 is 34.7 Å². The molecule has 1 saturated heterocycles. The van der Waals surface area contributed by atoms with Crippen LogP contribution in [0.5, 0.6) is 0 Å². The number of rotatable bonds is 7. The maximum Gasteiger partial charge on any atom is 0.311 e. The summed E-state index contributed by atoms with van der Waals surface area (Å²) in [6.07, 6.45) is -5.51. The molecule has 6 atom stereocenters. The zero-order valence-corrected chi connectivity index (χ0v) is 28.3. The van der Waals surface area contributed by atoms with Gasteiger partial charge in [-0.05, 0) is 95.2 Å². The second-order valence-corrected chi connectivity index (χ2v) is 16.4. The molecule has 0 bridgehead atoms. The van der Waals surface area contributed by atoms with Crippen molar-refractivity contribution in [3.05, 3.63) is 30.3 Å². The highest BCUT2D eigenvalue weighted by atomic mass is 32.2. The Labute approximate surface area is 258 Å². The van der Waals surface area contributed by atoms with Crippen LogP contribution in [0.1, 0.15) is 83.1 Å². The Kier molecular flexibility index (Phi) is 11.4. The first-order chi connectivity index (χ1) is 19.4. The molecule has 1 aromatic rings. The van der Waals surface area contributed by atoms with Crippen molar-refractivity contribution in [3.63, 3.8) is 0 Å². The average molecular weight is 625 g/mol. The lowest BCUT2D eigenvalue weighted by atomic mass is 9.93. The third-order valence-corrected chi connectivity index (χ3v) is 7.87. The van der Waals surface area contributed by atoms with Crippen LogP contribution in [-0.2, 0) is 53.7 Å². The van der Waals surface area contributed by atoms with Crippen molar-refractivity contribution in [1.29, 1.82) is 0 Å². The number of carbonyl (C=O) groups excluding carboxylic acids is 4. The number of benzene rings is 1. The molecule has 0 N–H and O–H groups in total. The molecular weight excluding hydrogens is 576 g/mol. The van der Waals surface area contributed by atoms with E-state index in [9.17, 15) is 23.4 Å². The van der Waals surface area contributed by atoms with Gasteiger partial charge in [-0.15, -0.1) is 0 Å². The van der Waals surface area contributed by atoms with Gasteiger partial charge in [-0.1, -0.05) is 18.2 Å². The van der Waals surface area contributed by atoms with Crippen molar-refractivity contribution in [1.82, 2.24) is 0 Å². The lowest BCUT2D eigenvalue weighted by Gasteiger charge is -2.45. The molecule has 10 nitrogen and oxygen atoms in total. The molecule has 0 radical (unpaired) electrons. The van der Waals surface area contributed by atoms with Gasteiger partial charge in [-0.25, -0.2) is 0 Å². The number of esters is 4. The van der Waals surface area contributed by atoms with Crippen molar-refractivity contribution in [2.75, 3.05) is 6.61 Å². The summed E-state index contributed by atoms with van der Waals surface area (Å²) in [5, 5.41) is 0. The van der Waals surface area contributed by atoms with Gasteiger partial charge in [0.05, 0.1) is 32.5 Å². The second kappa shape index (κ2) is 13.5. The van der Waals surface area contributed by atoms with Gasteiger partial charge >= 0.3 is 23.9 Å². The van der Waals surface area contributed by atoms with Crippen LogP contribution in [0.25, 0.3) is 0 Å². The molecule has 0 spiro atoms. The van der Waals surface area contributed by atoms with E-state index in [4.69, 9.17) is 23.7 Å². The first-order valence-corrected chi connectivity index (χ1v) is 15.6. The van der Waals surface area contributed by atoms with Crippen LogP contribution in [-0.4, -0.2) is 64.5 Å². The normalized spacial score (nSPS) is 24.0. The van der Waals surface area contributed by atoms with Gasteiger partial charge in [0, 0.05) is 4.90 Å². The highest BCUT2D eigenvalue weighted by molar-refractivity contribution is 7.85. The predicted octanol–water partition coefficient (Wildman–Crippen LogP) is 4.98. The molecular formula is C32H48O10S. The molecule has 0 saturated carbocycles. The largest absolute Gasteiger partial charge is 0.462 e. The Morgan fingerprint density at radius 2 is 1.02 bits per heavy atom. The minimum absolute atomic E-state index is 0.362. The third kappa shape index (κ3) is 9.86. The first-order valence-electron chi connectivity index (χ1n) is 14.4. The van der Waals surface area contributed by atoms with Crippen LogP contribution in [0, 0.1) is 21.7 Å². The van der Waals surface area contributed by atoms with E-state index in [0.29, 0.717) is 4.90 Å². The molecule has 1 fully saturated rings. The molecule has 1 aliphatic heterocycles. The lowest BCUT2D eigenvalue weighted by Crippen LogP contribution is -2.64. The highest BCUT2D eigenvalue weighted by Crippen LogP contribution is 2.36. The van der Waals surface area contributed by atoms with E-state index in [1.807, 2.05) is 0 Å². The molecule has 1 aromatic carbocycles. The smallest absolute Gasteiger partial charge is 0.311 e. The van der Waals surface area contributed by atoms with Gasteiger partial charge in [0.2, 0.25) is 0 Å². The van der Waals surface area contributed by atoms with Gasteiger partial charge in [0.15, 0.2) is 23.7 Å². The topological polar surface area (TPSA) is 132 Å². The average Bonchev–Trinajstić information content (AvgIpc) is 2.87. The third-order valence-electron chi connectivity index (χ3n) is 6.34. The number of hydrogen-bond donors (Lipinski definition) is 0. The van der Waals surface area contributed by atoms with Crippen molar-refractivity contribution in [2.45, 2.75) is 118 Å². The molecule has 2 rings (SSSR count). The van der Waals surface area contributed by atoms with E-state index in [1.165, 1.54) is 0 Å². The molecule has 1 heterocycles. The van der Waals surface area contributed by atoms with Crippen LogP contribution in [0.3, 0.4) is 0 Å². The van der Waals surface area contributed by atoms with Crippen molar-refractivity contribution in [3.8, 4) is 0 Å². The summed E-state index contributed by atoms with van der Waals surface area (Å²) in [5.74, 6) is -2.56. The zero-order chi connectivity index (χ0) is 33.1. The predicted molar refractivity (Wildman–Crippen MR) is 160 cm³/mol. The quantitative estimate of drug-likeness (QED) is 0.302. The molecule has 0 aliphatic carbocycles. The van der Waals surface area contributed by atoms with Crippen molar-refractivity contribution in [2.24, 2.45) is 21.7 Å². The van der Waals surface area contributed by atoms with Gasteiger partial charge in [-0.3, -0.25) is 23.4 Å². The Morgan fingerprint density at radius 3 is 1.44 bits per heavy atom. The molecule has 1 unspecified atom stereocenters. The van der Waals surface area contributed by atoms with Gasteiger partial charge < -0.3 is 23.7 Å². The number of ether oxygens (including phenoxy) is 5. The van der Waals surface area contributed by atoms with Gasteiger partial charge in [-0.2, -0.15) is 0 Å². The molecule has 0 aromatic heterocycles. The lowest BCUT2D eigenvalue weighted by molar-refractivity contribution is -0.246. The number of carbonyl (C=O) groups is 4. The van der Waals surface area contributed by atoms with Crippen LogP contribution in [0.15, 0.2) is 35.2 Å². The summed E-state index contributed by atoms with van der Waals surface area (Å²) in [5.41, 5.74) is -5.21. The minimum Gasteiger partial charge on any atom is -0.462 e. The van der Waals surface area contributed by atoms with Gasteiger partial charge in [0.1, 0.15) is 12.7 Å². The van der Waals surface area contributed by atoms with Crippen LogP contribution < -0.4 is 0 Å². The summed E-state index contributed by atoms with van der Waals surface area (Å²) in [4.78, 5) is 52.9. The van der Waals surface area contributed by atoms with E-state index in [-0.39, 0.29) is 0 Å². The molecule has 1 aliphatic rings.